The van der Waals surface area contributed by atoms with Crippen LogP contribution in [-0.2, 0) is 42.9 Å². The fourth-order valence-electron chi connectivity index (χ4n) is 2.58. The van der Waals surface area contributed by atoms with Crippen LogP contribution in [0.4, 0.5) is 0 Å². The molecule has 10 nitrogen and oxygen atoms in total. The zero-order chi connectivity index (χ0) is 20.6. The number of rotatable bonds is 7. The molecule has 1 heterocycles. The highest BCUT2D eigenvalue weighted by Gasteiger charge is 2.52. The molecule has 27 heavy (non-hydrogen) atoms. The van der Waals surface area contributed by atoms with Crippen molar-refractivity contribution in [3.8, 4) is 0 Å². The van der Waals surface area contributed by atoms with Gasteiger partial charge in [0, 0.05) is 27.7 Å². The zero-order valence-electron chi connectivity index (χ0n) is 15.3. The molecule has 0 unspecified atom stereocenters. The monoisotopic (exact) mass is 403 g/mol. The maximum Gasteiger partial charge on any atom is 0.305 e. The third-order valence-electron chi connectivity index (χ3n) is 3.37. The maximum atomic E-state index is 11.6. The van der Waals surface area contributed by atoms with E-state index >= 15 is 0 Å². The van der Waals surface area contributed by atoms with Crippen molar-refractivity contribution in [1.82, 2.24) is 0 Å². The number of thiocarbonyl (C=S) groups is 1. The highest BCUT2D eigenvalue weighted by molar-refractivity contribution is 7.78. The summed E-state index contributed by atoms with van der Waals surface area (Å²) in [7, 11) is 0. The van der Waals surface area contributed by atoms with Crippen LogP contribution in [0.1, 0.15) is 34.1 Å². The van der Waals surface area contributed by atoms with Gasteiger partial charge < -0.3 is 23.7 Å². The van der Waals surface area contributed by atoms with Crippen LogP contribution in [-0.4, -0.2) is 66.3 Å². The first-order chi connectivity index (χ1) is 12.6. The Morgan fingerprint density at radius 3 is 1.81 bits per heavy atom. The molecule has 0 aromatic carbocycles. The first kappa shape index (κ1) is 22.7. The first-order valence-electron chi connectivity index (χ1n) is 8.03. The van der Waals surface area contributed by atoms with Crippen LogP contribution in [0.5, 0.6) is 0 Å². The molecule has 0 saturated carbocycles. The molecule has 1 fully saturated rings. The molecule has 0 spiro atoms. The van der Waals surface area contributed by atoms with Crippen LogP contribution >= 0.6 is 12.2 Å². The standard InChI is InChI=1S/C16H21NO9S/c1-8(18)22-13-12(5-6-17-7-27)26-16(25-11(4)21)15(24-10(3)20)14(13)23-9(2)19/h12-16H,5-6H2,1-4H3/t12-,13-,14+,15-,16+/m1/s1. The van der Waals surface area contributed by atoms with Crippen LogP contribution < -0.4 is 0 Å². The number of hydrogen-bond acceptors (Lipinski definition) is 11. The Labute approximate surface area is 161 Å². The third kappa shape index (κ3) is 7.41. The summed E-state index contributed by atoms with van der Waals surface area (Å²) in [6.45, 7) is 4.73. The Kier molecular flexibility index (Phi) is 8.99. The van der Waals surface area contributed by atoms with Crippen molar-refractivity contribution in [2.75, 3.05) is 6.54 Å². The van der Waals surface area contributed by atoms with Gasteiger partial charge in [-0.15, -0.1) is 0 Å². The SMILES string of the molecule is CC(=O)O[C@H]1O[C@H](CCN=C=S)[C@@H](OC(C)=O)[C@H](OC(C)=O)[C@H]1OC(C)=O. The van der Waals surface area contributed by atoms with Gasteiger partial charge in [0.25, 0.3) is 0 Å². The third-order valence-corrected chi connectivity index (χ3v) is 3.50. The second-order valence-corrected chi connectivity index (χ2v) is 5.82. The molecule has 150 valence electrons. The molecule has 1 saturated heterocycles. The van der Waals surface area contributed by atoms with Gasteiger partial charge in [0.05, 0.1) is 11.7 Å². The highest BCUT2D eigenvalue weighted by Crippen LogP contribution is 2.31. The van der Waals surface area contributed by atoms with E-state index in [-0.39, 0.29) is 13.0 Å². The number of carbonyl (C=O) groups is 4. The summed E-state index contributed by atoms with van der Waals surface area (Å²) < 4.78 is 26.4. The van der Waals surface area contributed by atoms with Gasteiger partial charge in [-0.25, -0.2) is 4.99 Å². The predicted molar refractivity (Wildman–Crippen MR) is 91.6 cm³/mol. The molecule has 1 aliphatic heterocycles. The quantitative estimate of drug-likeness (QED) is 0.257. The number of esters is 4. The lowest BCUT2D eigenvalue weighted by molar-refractivity contribution is -0.296. The van der Waals surface area contributed by atoms with Crippen molar-refractivity contribution in [1.29, 1.82) is 0 Å². The van der Waals surface area contributed by atoms with E-state index in [1.807, 2.05) is 0 Å². The van der Waals surface area contributed by atoms with Crippen molar-refractivity contribution in [2.45, 2.75) is 64.8 Å². The van der Waals surface area contributed by atoms with Gasteiger partial charge in [-0.3, -0.25) is 19.2 Å². The molecule has 0 amide bonds. The van der Waals surface area contributed by atoms with E-state index < -0.39 is 54.6 Å². The largest absolute Gasteiger partial charge is 0.456 e. The average molecular weight is 403 g/mol. The number of ether oxygens (including phenoxy) is 5. The second kappa shape index (κ2) is 10.7. The van der Waals surface area contributed by atoms with E-state index in [0.717, 1.165) is 27.7 Å². The van der Waals surface area contributed by atoms with Gasteiger partial charge in [0.1, 0.15) is 6.10 Å². The van der Waals surface area contributed by atoms with Crippen LogP contribution in [0.15, 0.2) is 4.99 Å². The lowest BCUT2D eigenvalue weighted by atomic mass is 9.96. The predicted octanol–water partition coefficient (Wildman–Crippen LogP) is 0.562. The molecule has 1 rings (SSSR count). The number of nitrogens with zero attached hydrogens (tertiary/aromatic N) is 1. The summed E-state index contributed by atoms with van der Waals surface area (Å²) in [5, 5.41) is 2.19. The molecular weight excluding hydrogens is 382 g/mol. The highest BCUT2D eigenvalue weighted by atomic mass is 32.1. The van der Waals surface area contributed by atoms with Crippen molar-refractivity contribution >= 4 is 41.3 Å². The summed E-state index contributed by atoms with van der Waals surface area (Å²) in [4.78, 5) is 49.8. The maximum absolute atomic E-state index is 11.6. The molecular formula is C16H21NO9S. The fourth-order valence-corrected chi connectivity index (χ4v) is 2.67. The zero-order valence-corrected chi connectivity index (χ0v) is 16.1. The van der Waals surface area contributed by atoms with E-state index in [1.54, 1.807) is 0 Å². The van der Waals surface area contributed by atoms with Crippen molar-refractivity contribution in [2.24, 2.45) is 4.99 Å². The van der Waals surface area contributed by atoms with Crippen LogP contribution in [0.3, 0.4) is 0 Å². The van der Waals surface area contributed by atoms with E-state index in [2.05, 4.69) is 22.4 Å². The smallest absolute Gasteiger partial charge is 0.305 e. The Hall–Kier alpha value is -2.36. The minimum Gasteiger partial charge on any atom is -0.456 e. The van der Waals surface area contributed by atoms with Crippen molar-refractivity contribution in [3.05, 3.63) is 0 Å². The number of aliphatic imine (C=N–C) groups is 1. The van der Waals surface area contributed by atoms with Gasteiger partial charge in [-0.2, -0.15) is 0 Å². The van der Waals surface area contributed by atoms with E-state index in [4.69, 9.17) is 23.7 Å². The molecule has 0 aliphatic carbocycles. The van der Waals surface area contributed by atoms with Crippen molar-refractivity contribution < 1.29 is 42.9 Å². The summed E-state index contributed by atoms with van der Waals surface area (Å²) in [6.07, 6.45) is -5.77. The van der Waals surface area contributed by atoms with E-state index in [0.29, 0.717) is 0 Å². The van der Waals surface area contributed by atoms with Gasteiger partial charge in [0.15, 0.2) is 12.2 Å². The minimum atomic E-state index is -1.37. The number of hydrogen-bond donors (Lipinski definition) is 0. The average Bonchev–Trinajstić information content (AvgIpc) is 2.52. The molecule has 0 radical (unpaired) electrons. The molecule has 0 N–H and O–H groups in total. The van der Waals surface area contributed by atoms with E-state index in [1.165, 1.54) is 0 Å². The Morgan fingerprint density at radius 1 is 0.852 bits per heavy atom. The van der Waals surface area contributed by atoms with Crippen LogP contribution in [0.2, 0.25) is 0 Å². The Bertz CT molecular complexity index is 631. The first-order valence-corrected chi connectivity index (χ1v) is 8.44. The lowest BCUT2D eigenvalue weighted by Gasteiger charge is -2.43. The molecule has 5 atom stereocenters. The Morgan fingerprint density at radius 2 is 1.33 bits per heavy atom. The molecule has 11 heteroatoms. The second-order valence-electron chi connectivity index (χ2n) is 5.64. The van der Waals surface area contributed by atoms with Crippen LogP contribution in [0.25, 0.3) is 0 Å². The van der Waals surface area contributed by atoms with Gasteiger partial charge in [-0.1, -0.05) is 0 Å². The fraction of sp³-hybridized carbons (Fsp3) is 0.688. The van der Waals surface area contributed by atoms with Crippen molar-refractivity contribution in [3.63, 3.8) is 0 Å². The van der Waals surface area contributed by atoms with Crippen LogP contribution in [0, 0.1) is 0 Å². The lowest BCUT2D eigenvalue weighted by Crippen LogP contribution is -2.62. The Balaban J connectivity index is 3.28. The minimum absolute atomic E-state index is 0.170. The topological polar surface area (TPSA) is 127 Å². The molecule has 0 aromatic rings. The summed E-state index contributed by atoms with van der Waals surface area (Å²) in [5.41, 5.74) is 0. The van der Waals surface area contributed by atoms with Gasteiger partial charge in [-0.05, 0) is 18.6 Å². The van der Waals surface area contributed by atoms with Gasteiger partial charge in [0.2, 0.25) is 12.4 Å². The molecule has 1 aliphatic rings. The van der Waals surface area contributed by atoms with Gasteiger partial charge >= 0.3 is 23.9 Å². The summed E-state index contributed by atoms with van der Waals surface area (Å²) in [5.74, 6) is -2.83. The normalized spacial score (nSPS) is 26.9. The summed E-state index contributed by atoms with van der Waals surface area (Å²) in [6, 6.07) is 0. The molecule has 0 bridgehead atoms. The van der Waals surface area contributed by atoms with E-state index in [9.17, 15) is 19.2 Å². The summed E-state index contributed by atoms with van der Waals surface area (Å²) >= 11 is 4.51. The number of isothiocyanates is 1. The number of carbonyl (C=O) groups excluding carboxylic acids is 4. The molecule has 0 aromatic heterocycles.